The van der Waals surface area contributed by atoms with Crippen LogP contribution in [-0.2, 0) is 4.79 Å². The van der Waals surface area contributed by atoms with Crippen molar-refractivity contribution in [2.24, 2.45) is 4.99 Å². The number of para-hydroxylation sites is 1. The van der Waals surface area contributed by atoms with Crippen LogP contribution in [0.15, 0.2) is 53.5 Å². The third-order valence-corrected chi connectivity index (χ3v) is 5.16. The second kappa shape index (κ2) is 8.13. The van der Waals surface area contributed by atoms with Crippen molar-refractivity contribution in [1.29, 1.82) is 0 Å². The Morgan fingerprint density at radius 2 is 1.96 bits per heavy atom. The van der Waals surface area contributed by atoms with Crippen LogP contribution < -0.4 is 4.74 Å². The summed E-state index contributed by atoms with van der Waals surface area (Å²) in [5.74, 6) is 0.345. The van der Waals surface area contributed by atoms with Crippen molar-refractivity contribution in [3.05, 3.63) is 58.6 Å². The molecule has 1 heterocycles. The normalized spacial score (nSPS) is 18.6. The Morgan fingerprint density at radius 1 is 1.24 bits per heavy atom. The average Bonchev–Trinajstić information content (AvgIpc) is 2.96. The van der Waals surface area contributed by atoms with Crippen LogP contribution in [0.4, 0.5) is 5.69 Å². The molecule has 2 aromatic rings. The maximum Gasteiger partial charge on any atom is 0.266 e. The summed E-state index contributed by atoms with van der Waals surface area (Å²) in [6, 6.07) is 14.3. The summed E-state index contributed by atoms with van der Waals surface area (Å²) in [4.78, 5) is 18.8. The first-order valence-corrected chi connectivity index (χ1v) is 9.35. The second-order valence-electron chi connectivity index (χ2n) is 5.52. The lowest BCUT2D eigenvalue weighted by Gasteiger charge is -2.16. The molecule has 25 heavy (non-hydrogen) atoms. The van der Waals surface area contributed by atoms with Crippen LogP contribution in [0.5, 0.6) is 5.75 Å². The van der Waals surface area contributed by atoms with Gasteiger partial charge in [-0.15, -0.1) is 0 Å². The van der Waals surface area contributed by atoms with Crippen LogP contribution in [0.2, 0.25) is 10.0 Å². The maximum absolute atomic E-state index is 12.6. The van der Waals surface area contributed by atoms with E-state index in [-0.39, 0.29) is 17.8 Å². The summed E-state index contributed by atoms with van der Waals surface area (Å²) >= 11 is 13.5. The van der Waals surface area contributed by atoms with Gasteiger partial charge >= 0.3 is 0 Å². The molecule has 1 atom stereocenters. The quantitative estimate of drug-likeness (QED) is 0.730. The van der Waals surface area contributed by atoms with Crippen molar-refractivity contribution in [1.82, 2.24) is 4.90 Å². The van der Waals surface area contributed by atoms with Gasteiger partial charge < -0.3 is 4.74 Å². The zero-order valence-electron chi connectivity index (χ0n) is 13.5. The van der Waals surface area contributed by atoms with Crippen molar-refractivity contribution in [3.63, 3.8) is 0 Å². The van der Waals surface area contributed by atoms with E-state index in [1.807, 2.05) is 24.3 Å². The molecule has 0 N–H and O–H groups in total. The molecular formula is C18H16Cl2N2O2S. The number of halogens is 2. The summed E-state index contributed by atoms with van der Waals surface area (Å²) in [6.07, 6.45) is 0. The molecule has 3 rings (SSSR count). The molecule has 0 radical (unpaired) electrons. The molecule has 0 aromatic heterocycles. The Kier molecular flexibility index (Phi) is 5.89. The van der Waals surface area contributed by atoms with E-state index in [1.54, 1.807) is 40.9 Å². The summed E-state index contributed by atoms with van der Waals surface area (Å²) in [5, 5.41) is 2.07. The van der Waals surface area contributed by atoms with Gasteiger partial charge in [-0.05, 0) is 36.4 Å². The van der Waals surface area contributed by atoms with Crippen molar-refractivity contribution in [3.8, 4) is 5.75 Å². The number of hydrogen-bond donors (Lipinski definition) is 0. The van der Waals surface area contributed by atoms with Crippen LogP contribution >= 0.6 is 35.0 Å². The van der Waals surface area contributed by atoms with Crippen molar-refractivity contribution in [2.45, 2.75) is 12.2 Å². The van der Waals surface area contributed by atoms with Gasteiger partial charge in [-0.2, -0.15) is 0 Å². The molecule has 1 fully saturated rings. The number of carbonyl (C=O) groups is 1. The molecule has 1 saturated heterocycles. The predicted octanol–water partition coefficient (Wildman–Crippen LogP) is 5.02. The van der Waals surface area contributed by atoms with E-state index in [1.165, 1.54) is 0 Å². The van der Waals surface area contributed by atoms with E-state index in [4.69, 9.17) is 27.9 Å². The summed E-state index contributed by atoms with van der Waals surface area (Å²) in [6.45, 7) is 2.57. The molecule has 1 aliphatic heterocycles. The van der Waals surface area contributed by atoms with E-state index in [9.17, 15) is 4.79 Å². The zero-order chi connectivity index (χ0) is 17.8. The number of thioether (sulfide) groups is 1. The van der Waals surface area contributed by atoms with Crippen LogP contribution in [0.3, 0.4) is 0 Å². The Hall–Kier alpha value is -1.69. The fourth-order valence-corrected chi connectivity index (χ4v) is 3.68. The molecule has 130 valence electrons. The first-order valence-electron chi connectivity index (χ1n) is 7.71. The van der Waals surface area contributed by atoms with Gasteiger partial charge in [0.1, 0.15) is 5.75 Å². The van der Waals surface area contributed by atoms with E-state index < -0.39 is 0 Å². The molecule has 0 bridgehead atoms. The van der Waals surface area contributed by atoms with Crippen LogP contribution in [0.25, 0.3) is 0 Å². The summed E-state index contributed by atoms with van der Waals surface area (Å²) < 4.78 is 5.56. The third-order valence-electron chi connectivity index (χ3n) is 3.52. The van der Waals surface area contributed by atoms with Gasteiger partial charge in [0.25, 0.3) is 5.91 Å². The minimum absolute atomic E-state index is 0.0867. The maximum atomic E-state index is 12.6. The van der Waals surface area contributed by atoms with Crippen molar-refractivity contribution in [2.75, 3.05) is 13.2 Å². The lowest BCUT2D eigenvalue weighted by molar-refractivity contribution is -0.129. The van der Waals surface area contributed by atoms with Crippen molar-refractivity contribution < 1.29 is 9.53 Å². The Labute approximate surface area is 160 Å². The highest BCUT2D eigenvalue weighted by Gasteiger charge is 2.31. The lowest BCUT2D eigenvalue weighted by Crippen LogP contribution is -2.36. The fraction of sp³-hybridized carbons (Fsp3) is 0.222. The Morgan fingerprint density at radius 3 is 2.68 bits per heavy atom. The topological polar surface area (TPSA) is 41.9 Å². The summed E-state index contributed by atoms with van der Waals surface area (Å²) in [7, 11) is 0. The van der Waals surface area contributed by atoms with Gasteiger partial charge in [0.15, 0.2) is 11.8 Å². The van der Waals surface area contributed by atoms with E-state index in [0.29, 0.717) is 27.5 Å². The van der Waals surface area contributed by atoms with Gasteiger partial charge in [-0.3, -0.25) is 9.69 Å². The fourth-order valence-electron chi connectivity index (χ4n) is 2.32. The molecule has 2 aromatic carbocycles. The number of ether oxygens (including phenoxy) is 1. The minimum atomic E-state index is -0.149. The van der Waals surface area contributed by atoms with E-state index in [0.717, 1.165) is 5.69 Å². The molecule has 0 spiro atoms. The second-order valence-corrected chi connectivity index (χ2v) is 7.77. The Bertz CT molecular complexity index is 796. The van der Waals surface area contributed by atoms with Gasteiger partial charge in [-0.1, -0.05) is 54.0 Å². The van der Waals surface area contributed by atoms with Gasteiger partial charge in [0.2, 0.25) is 0 Å². The molecule has 4 nitrogen and oxygen atoms in total. The van der Waals surface area contributed by atoms with Crippen molar-refractivity contribution >= 4 is 51.7 Å². The number of amidine groups is 1. The largest absolute Gasteiger partial charge is 0.482 e. The van der Waals surface area contributed by atoms with Crippen LogP contribution in [0, 0.1) is 0 Å². The number of amides is 1. The highest BCUT2D eigenvalue weighted by atomic mass is 35.5. The monoisotopic (exact) mass is 394 g/mol. The third kappa shape index (κ3) is 4.69. The average molecular weight is 395 g/mol. The zero-order valence-corrected chi connectivity index (χ0v) is 15.8. The smallest absolute Gasteiger partial charge is 0.266 e. The molecule has 1 amide bonds. The van der Waals surface area contributed by atoms with Crippen LogP contribution in [-0.4, -0.2) is 34.4 Å². The number of nitrogens with zero attached hydrogens (tertiary/aromatic N) is 2. The number of rotatable bonds is 4. The number of hydrogen-bond acceptors (Lipinski definition) is 4. The molecule has 0 aliphatic carbocycles. The molecular weight excluding hydrogens is 379 g/mol. The van der Waals surface area contributed by atoms with Gasteiger partial charge in [-0.25, -0.2) is 4.99 Å². The van der Waals surface area contributed by atoms with Crippen LogP contribution in [0.1, 0.15) is 6.92 Å². The standard InChI is InChI=1S/C18H16Cl2N2O2S/c1-12-10-22(17(23)11-24-16-5-3-2-4-15(16)20)18(25-12)21-14-8-6-13(19)7-9-14/h2-9,12H,10-11H2,1H3/t12-/m1/s1. The number of benzene rings is 2. The first-order chi connectivity index (χ1) is 12.0. The number of carbonyl (C=O) groups excluding carboxylic acids is 1. The minimum Gasteiger partial charge on any atom is -0.482 e. The molecule has 0 unspecified atom stereocenters. The number of aliphatic imine (C=N–C) groups is 1. The highest BCUT2D eigenvalue weighted by Crippen LogP contribution is 2.29. The SMILES string of the molecule is C[C@@H]1CN(C(=O)COc2ccccc2Cl)C(=Nc2ccc(Cl)cc2)S1. The molecule has 0 saturated carbocycles. The molecule has 1 aliphatic rings. The van der Waals surface area contributed by atoms with Gasteiger partial charge in [0, 0.05) is 16.8 Å². The molecule has 7 heteroatoms. The Balaban J connectivity index is 1.71. The summed E-state index contributed by atoms with van der Waals surface area (Å²) in [5.41, 5.74) is 0.755. The van der Waals surface area contributed by atoms with E-state index >= 15 is 0 Å². The van der Waals surface area contributed by atoms with Gasteiger partial charge in [0.05, 0.1) is 10.7 Å². The first kappa shape index (κ1) is 18.1. The highest BCUT2D eigenvalue weighted by molar-refractivity contribution is 8.14. The lowest BCUT2D eigenvalue weighted by atomic mass is 10.3. The van der Waals surface area contributed by atoms with E-state index in [2.05, 4.69) is 11.9 Å². The predicted molar refractivity (Wildman–Crippen MR) is 104 cm³/mol.